The fourth-order valence-electron chi connectivity index (χ4n) is 2.36. The molecule has 1 unspecified atom stereocenters. The lowest BCUT2D eigenvalue weighted by Gasteiger charge is -2.25. The van der Waals surface area contributed by atoms with Crippen LogP contribution in [0.3, 0.4) is 0 Å². The van der Waals surface area contributed by atoms with Gasteiger partial charge in [0.1, 0.15) is 5.82 Å². The number of hydrogen-bond acceptors (Lipinski definition) is 3. The summed E-state index contributed by atoms with van der Waals surface area (Å²) < 4.78 is 12.8. The van der Waals surface area contributed by atoms with E-state index in [-0.39, 0.29) is 23.8 Å². The van der Waals surface area contributed by atoms with Gasteiger partial charge in [-0.05, 0) is 44.5 Å². The minimum atomic E-state index is -0.911. The van der Waals surface area contributed by atoms with Crippen molar-refractivity contribution in [1.82, 2.24) is 10.2 Å². The molecule has 0 aromatic heterocycles. The van der Waals surface area contributed by atoms with Crippen LogP contribution in [0.1, 0.15) is 20.3 Å². The van der Waals surface area contributed by atoms with Crippen molar-refractivity contribution in [2.24, 2.45) is 5.73 Å². The minimum absolute atomic E-state index is 0.119. The molecule has 1 aromatic carbocycles. The van der Waals surface area contributed by atoms with Crippen molar-refractivity contribution in [1.29, 1.82) is 0 Å². The molecule has 0 bridgehead atoms. The SMILES string of the molecule is CC(C)(N)C(=O)N1CCC(NC(=O)Nc2ccc(F)cc2)C1. The molecule has 1 saturated heterocycles. The van der Waals surface area contributed by atoms with Crippen molar-refractivity contribution in [2.75, 3.05) is 18.4 Å². The van der Waals surface area contributed by atoms with Gasteiger partial charge in [0.25, 0.3) is 0 Å². The highest BCUT2D eigenvalue weighted by Gasteiger charge is 2.33. The normalized spacial score (nSPS) is 18.2. The van der Waals surface area contributed by atoms with Crippen LogP contribution in [0.15, 0.2) is 24.3 Å². The highest BCUT2D eigenvalue weighted by Crippen LogP contribution is 2.14. The van der Waals surface area contributed by atoms with Crippen molar-refractivity contribution >= 4 is 17.6 Å². The Kier molecular flexibility index (Phi) is 4.65. The van der Waals surface area contributed by atoms with Gasteiger partial charge in [-0.3, -0.25) is 4.79 Å². The van der Waals surface area contributed by atoms with Crippen LogP contribution in [0.2, 0.25) is 0 Å². The molecule has 1 heterocycles. The lowest BCUT2D eigenvalue weighted by atomic mass is 10.1. The van der Waals surface area contributed by atoms with E-state index in [0.29, 0.717) is 25.2 Å². The molecule has 0 saturated carbocycles. The maximum atomic E-state index is 12.8. The van der Waals surface area contributed by atoms with E-state index in [9.17, 15) is 14.0 Å². The highest BCUT2D eigenvalue weighted by molar-refractivity contribution is 5.89. The summed E-state index contributed by atoms with van der Waals surface area (Å²) in [6, 6.07) is 5.01. The maximum absolute atomic E-state index is 12.8. The highest BCUT2D eigenvalue weighted by atomic mass is 19.1. The first kappa shape index (κ1) is 16.2. The number of nitrogens with one attached hydrogen (secondary N) is 2. The van der Waals surface area contributed by atoms with Gasteiger partial charge in [0.2, 0.25) is 5.91 Å². The summed E-state index contributed by atoms with van der Waals surface area (Å²) in [4.78, 5) is 25.6. The Bertz CT molecular complexity index is 554. The number of nitrogens with two attached hydrogens (primary N) is 1. The van der Waals surface area contributed by atoms with Gasteiger partial charge >= 0.3 is 6.03 Å². The van der Waals surface area contributed by atoms with E-state index in [1.54, 1.807) is 18.7 Å². The number of likely N-dealkylation sites (tertiary alicyclic amines) is 1. The second-order valence-electron chi connectivity index (χ2n) is 6.06. The second kappa shape index (κ2) is 6.31. The lowest BCUT2D eigenvalue weighted by molar-refractivity contribution is -0.134. The van der Waals surface area contributed by atoms with Crippen LogP contribution in [0.25, 0.3) is 0 Å². The zero-order valence-corrected chi connectivity index (χ0v) is 12.7. The molecule has 1 atom stereocenters. The molecular weight excluding hydrogens is 287 g/mol. The molecule has 22 heavy (non-hydrogen) atoms. The van der Waals surface area contributed by atoms with Crippen molar-refractivity contribution in [3.05, 3.63) is 30.1 Å². The van der Waals surface area contributed by atoms with E-state index in [1.165, 1.54) is 24.3 Å². The quantitative estimate of drug-likeness (QED) is 0.786. The summed E-state index contributed by atoms with van der Waals surface area (Å²) >= 11 is 0. The van der Waals surface area contributed by atoms with E-state index in [1.807, 2.05) is 0 Å². The van der Waals surface area contributed by atoms with Gasteiger partial charge in [-0.2, -0.15) is 0 Å². The molecule has 4 N–H and O–H groups in total. The van der Waals surface area contributed by atoms with Crippen LogP contribution < -0.4 is 16.4 Å². The Balaban J connectivity index is 1.83. The van der Waals surface area contributed by atoms with Gasteiger partial charge in [0.05, 0.1) is 5.54 Å². The van der Waals surface area contributed by atoms with Crippen LogP contribution >= 0.6 is 0 Å². The number of rotatable bonds is 3. The molecule has 1 aliphatic rings. The Labute approximate surface area is 128 Å². The number of amides is 3. The first-order chi connectivity index (χ1) is 10.3. The number of halogens is 1. The lowest BCUT2D eigenvalue weighted by Crippen LogP contribution is -2.51. The smallest absolute Gasteiger partial charge is 0.319 e. The fraction of sp³-hybridized carbons (Fsp3) is 0.467. The van der Waals surface area contributed by atoms with E-state index < -0.39 is 5.54 Å². The molecule has 1 aromatic rings. The van der Waals surface area contributed by atoms with Crippen molar-refractivity contribution in [3.8, 4) is 0 Å². The maximum Gasteiger partial charge on any atom is 0.319 e. The van der Waals surface area contributed by atoms with E-state index in [0.717, 1.165) is 0 Å². The summed E-state index contributed by atoms with van der Waals surface area (Å²) in [7, 11) is 0. The van der Waals surface area contributed by atoms with Crippen LogP contribution in [-0.4, -0.2) is 41.5 Å². The molecule has 6 nitrogen and oxygen atoms in total. The van der Waals surface area contributed by atoms with Crippen molar-refractivity contribution < 1.29 is 14.0 Å². The van der Waals surface area contributed by atoms with Gasteiger partial charge in [-0.15, -0.1) is 0 Å². The summed E-state index contributed by atoms with van der Waals surface area (Å²) in [5.41, 5.74) is 5.39. The first-order valence-corrected chi connectivity index (χ1v) is 7.17. The summed E-state index contributed by atoms with van der Waals surface area (Å²) in [5.74, 6) is -0.490. The number of carbonyl (C=O) groups excluding carboxylic acids is 2. The van der Waals surface area contributed by atoms with Crippen molar-refractivity contribution in [2.45, 2.75) is 31.8 Å². The van der Waals surface area contributed by atoms with E-state index in [2.05, 4.69) is 10.6 Å². The van der Waals surface area contributed by atoms with Crippen LogP contribution in [-0.2, 0) is 4.79 Å². The van der Waals surface area contributed by atoms with Crippen LogP contribution in [0.4, 0.5) is 14.9 Å². The average molecular weight is 308 g/mol. The molecule has 7 heteroatoms. The van der Waals surface area contributed by atoms with E-state index >= 15 is 0 Å². The Morgan fingerprint density at radius 3 is 2.55 bits per heavy atom. The van der Waals surface area contributed by atoms with Gasteiger partial charge in [-0.25, -0.2) is 9.18 Å². The van der Waals surface area contributed by atoms with Crippen LogP contribution in [0.5, 0.6) is 0 Å². The second-order valence-corrected chi connectivity index (χ2v) is 6.06. The Morgan fingerprint density at radius 2 is 1.95 bits per heavy atom. The molecule has 3 amide bonds. The summed E-state index contributed by atoms with van der Waals surface area (Å²) in [6.45, 7) is 4.34. The van der Waals surface area contributed by atoms with Gasteiger partial charge in [0, 0.05) is 24.8 Å². The molecule has 2 rings (SSSR count). The average Bonchev–Trinajstić information content (AvgIpc) is 2.87. The molecular formula is C15H21FN4O2. The predicted octanol–water partition coefficient (Wildman–Crippen LogP) is 1.29. The molecule has 1 fully saturated rings. The number of anilines is 1. The Morgan fingerprint density at radius 1 is 1.32 bits per heavy atom. The predicted molar refractivity (Wildman–Crippen MR) is 81.8 cm³/mol. The monoisotopic (exact) mass is 308 g/mol. The van der Waals surface area contributed by atoms with E-state index in [4.69, 9.17) is 5.73 Å². The third kappa shape index (κ3) is 4.17. The zero-order chi connectivity index (χ0) is 16.3. The van der Waals surface area contributed by atoms with Gasteiger partial charge < -0.3 is 21.3 Å². The number of benzene rings is 1. The third-order valence-corrected chi connectivity index (χ3v) is 3.46. The molecule has 120 valence electrons. The Hall–Kier alpha value is -2.15. The molecule has 0 aliphatic carbocycles. The largest absolute Gasteiger partial charge is 0.339 e. The third-order valence-electron chi connectivity index (χ3n) is 3.46. The first-order valence-electron chi connectivity index (χ1n) is 7.17. The minimum Gasteiger partial charge on any atom is -0.339 e. The molecule has 0 spiro atoms. The van der Waals surface area contributed by atoms with Gasteiger partial charge in [0.15, 0.2) is 0 Å². The molecule has 1 aliphatic heterocycles. The molecule has 0 radical (unpaired) electrons. The van der Waals surface area contributed by atoms with Crippen molar-refractivity contribution in [3.63, 3.8) is 0 Å². The zero-order valence-electron chi connectivity index (χ0n) is 12.7. The number of nitrogens with zero attached hydrogens (tertiary/aromatic N) is 1. The summed E-state index contributed by atoms with van der Waals surface area (Å²) in [6.07, 6.45) is 0.679. The fourth-order valence-corrected chi connectivity index (χ4v) is 2.36. The standard InChI is InChI=1S/C15H21FN4O2/c1-15(2,17)13(21)20-8-7-12(9-20)19-14(22)18-11-5-3-10(16)4-6-11/h3-6,12H,7-9,17H2,1-2H3,(H2,18,19,22). The number of carbonyl (C=O) groups is 2. The number of urea groups is 1. The van der Waals surface area contributed by atoms with Crippen LogP contribution in [0, 0.1) is 5.82 Å². The topological polar surface area (TPSA) is 87.5 Å². The van der Waals surface area contributed by atoms with Gasteiger partial charge in [-0.1, -0.05) is 0 Å². The summed E-state index contributed by atoms with van der Waals surface area (Å²) in [5, 5.41) is 5.43. The number of hydrogen-bond donors (Lipinski definition) is 3.